The van der Waals surface area contributed by atoms with Crippen LogP contribution in [0.1, 0.15) is 32.6 Å². The maximum Gasteiger partial charge on any atom is 0.305 e. The Balaban J connectivity index is 2.34. The highest BCUT2D eigenvalue weighted by Gasteiger charge is 2.43. The zero-order valence-electron chi connectivity index (χ0n) is 10.9. The molecule has 0 saturated carbocycles. The molecule has 1 rings (SSSR count). The van der Waals surface area contributed by atoms with Gasteiger partial charge in [0, 0.05) is 6.42 Å². The summed E-state index contributed by atoms with van der Waals surface area (Å²) in [6.07, 6.45) is -4.25. The van der Waals surface area contributed by atoms with Gasteiger partial charge < -0.3 is 29.9 Å². The Morgan fingerprint density at radius 2 is 1.79 bits per heavy atom. The van der Waals surface area contributed by atoms with Crippen molar-refractivity contribution in [3.63, 3.8) is 0 Å². The lowest BCUT2D eigenvalue weighted by molar-refractivity contribution is -0.287. The van der Waals surface area contributed by atoms with Crippen LogP contribution in [0.25, 0.3) is 0 Å². The summed E-state index contributed by atoms with van der Waals surface area (Å²) in [4.78, 5) is 11.4. The molecule has 7 nitrogen and oxygen atoms in total. The molecule has 0 aromatic carbocycles. The molecule has 1 heterocycles. The predicted molar refractivity (Wildman–Crippen MR) is 64.0 cm³/mol. The number of hydrogen-bond acceptors (Lipinski definition) is 7. The van der Waals surface area contributed by atoms with Crippen LogP contribution in [0, 0.1) is 0 Å². The summed E-state index contributed by atoms with van der Waals surface area (Å²) in [5.41, 5.74) is 0. The first-order chi connectivity index (χ1) is 8.97. The molecule has 1 fully saturated rings. The fraction of sp³-hybridized carbons (Fsp3) is 0.917. The molecule has 0 amide bonds. The molecule has 1 aliphatic rings. The van der Waals surface area contributed by atoms with Gasteiger partial charge in [-0.25, -0.2) is 0 Å². The van der Waals surface area contributed by atoms with Crippen molar-refractivity contribution in [1.82, 2.24) is 0 Å². The van der Waals surface area contributed by atoms with E-state index in [2.05, 4.69) is 0 Å². The van der Waals surface area contributed by atoms with Crippen molar-refractivity contribution in [3.05, 3.63) is 0 Å². The predicted octanol–water partition coefficient (Wildman–Crippen LogP) is -1.09. The van der Waals surface area contributed by atoms with Gasteiger partial charge in [0.1, 0.15) is 31.0 Å². The van der Waals surface area contributed by atoms with E-state index in [0.29, 0.717) is 0 Å². The minimum absolute atomic E-state index is 0.271. The molecule has 5 atom stereocenters. The van der Waals surface area contributed by atoms with Crippen molar-refractivity contribution in [2.75, 3.05) is 6.61 Å². The second-order valence-corrected chi connectivity index (χ2v) is 4.68. The summed E-state index contributed by atoms with van der Waals surface area (Å²) in [6, 6.07) is 0. The maximum absolute atomic E-state index is 11.4. The summed E-state index contributed by atoms with van der Waals surface area (Å²) >= 11 is 0. The number of carbonyl (C=O) groups excluding carboxylic acids is 1. The van der Waals surface area contributed by atoms with Crippen LogP contribution in [0.2, 0.25) is 0 Å². The van der Waals surface area contributed by atoms with Crippen LogP contribution in [-0.2, 0) is 14.3 Å². The molecule has 7 heteroatoms. The maximum atomic E-state index is 11.4. The third-order valence-corrected chi connectivity index (χ3v) is 3.08. The summed E-state index contributed by atoms with van der Waals surface area (Å²) in [7, 11) is 0. The normalized spacial score (nSPS) is 35.1. The van der Waals surface area contributed by atoms with Crippen molar-refractivity contribution >= 4 is 5.97 Å². The fourth-order valence-electron chi connectivity index (χ4n) is 1.84. The molecule has 0 bridgehead atoms. The first-order valence-corrected chi connectivity index (χ1v) is 6.50. The molecular formula is C12H22O7. The van der Waals surface area contributed by atoms with Crippen molar-refractivity contribution < 1.29 is 34.7 Å². The minimum atomic E-state index is -1.61. The summed E-state index contributed by atoms with van der Waals surface area (Å²) < 4.78 is 9.78. The van der Waals surface area contributed by atoms with Gasteiger partial charge in [-0.15, -0.1) is 0 Å². The highest BCUT2D eigenvalue weighted by atomic mass is 16.6. The van der Waals surface area contributed by atoms with Crippen LogP contribution in [0.3, 0.4) is 0 Å². The Kier molecular flexibility index (Phi) is 6.67. The molecular weight excluding hydrogens is 256 g/mol. The molecule has 112 valence electrons. The van der Waals surface area contributed by atoms with E-state index in [0.717, 1.165) is 19.3 Å². The van der Waals surface area contributed by atoms with Gasteiger partial charge in [-0.05, 0) is 6.42 Å². The van der Waals surface area contributed by atoms with E-state index in [9.17, 15) is 25.2 Å². The summed E-state index contributed by atoms with van der Waals surface area (Å²) in [6.45, 7) is 1.75. The van der Waals surface area contributed by atoms with E-state index in [4.69, 9.17) is 9.47 Å². The van der Waals surface area contributed by atoms with Gasteiger partial charge in [0.05, 0.1) is 0 Å². The fourth-order valence-corrected chi connectivity index (χ4v) is 1.84. The molecule has 1 unspecified atom stereocenters. The minimum Gasteiger partial charge on any atom is -0.463 e. The second kappa shape index (κ2) is 7.76. The first kappa shape index (κ1) is 16.3. The van der Waals surface area contributed by atoms with Crippen LogP contribution in [0.5, 0.6) is 0 Å². The molecule has 4 N–H and O–H groups in total. The van der Waals surface area contributed by atoms with Crippen LogP contribution >= 0.6 is 0 Å². The zero-order chi connectivity index (χ0) is 14.4. The molecule has 0 aromatic rings. The topological polar surface area (TPSA) is 116 Å². The Labute approximate surface area is 111 Å². The highest BCUT2D eigenvalue weighted by Crippen LogP contribution is 2.20. The van der Waals surface area contributed by atoms with Gasteiger partial charge in [-0.3, -0.25) is 4.79 Å². The quantitative estimate of drug-likeness (QED) is 0.360. The first-order valence-electron chi connectivity index (χ1n) is 6.50. The van der Waals surface area contributed by atoms with E-state index in [1.54, 1.807) is 0 Å². The monoisotopic (exact) mass is 278 g/mol. The second-order valence-electron chi connectivity index (χ2n) is 4.68. The number of rotatable bonds is 6. The molecule has 1 aliphatic heterocycles. The van der Waals surface area contributed by atoms with Gasteiger partial charge in [0.15, 0.2) is 6.29 Å². The number of aliphatic hydroxyl groups excluding tert-OH is 4. The van der Waals surface area contributed by atoms with Crippen LogP contribution in [0.15, 0.2) is 0 Å². The van der Waals surface area contributed by atoms with Gasteiger partial charge >= 0.3 is 5.97 Å². The van der Waals surface area contributed by atoms with Gasteiger partial charge in [-0.2, -0.15) is 0 Å². The Morgan fingerprint density at radius 3 is 2.42 bits per heavy atom. The van der Waals surface area contributed by atoms with Gasteiger partial charge in [-0.1, -0.05) is 19.8 Å². The number of hydrogen-bond donors (Lipinski definition) is 4. The summed E-state index contributed by atoms with van der Waals surface area (Å²) in [5, 5.41) is 37.6. The highest BCUT2D eigenvalue weighted by molar-refractivity contribution is 5.69. The number of aliphatic hydroxyl groups is 4. The van der Waals surface area contributed by atoms with Crippen LogP contribution in [-0.4, -0.2) is 63.7 Å². The van der Waals surface area contributed by atoms with E-state index in [1.807, 2.05) is 6.92 Å². The smallest absolute Gasteiger partial charge is 0.305 e. The lowest BCUT2D eigenvalue weighted by atomic mass is 9.99. The van der Waals surface area contributed by atoms with E-state index in [1.165, 1.54) is 0 Å². The molecule has 0 radical (unpaired) electrons. The molecule has 0 aromatic heterocycles. The van der Waals surface area contributed by atoms with Crippen LogP contribution < -0.4 is 0 Å². The lowest BCUT2D eigenvalue weighted by Gasteiger charge is -2.37. The molecule has 0 aliphatic carbocycles. The van der Waals surface area contributed by atoms with Gasteiger partial charge in [0.25, 0.3) is 0 Å². The average Bonchev–Trinajstić information content (AvgIpc) is 2.39. The zero-order valence-corrected chi connectivity index (χ0v) is 10.9. The van der Waals surface area contributed by atoms with Crippen molar-refractivity contribution in [2.24, 2.45) is 0 Å². The van der Waals surface area contributed by atoms with Crippen LogP contribution in [0.4, 0.5) is 0 Å². The van der Waals surface area contributed by atoms with E-state index < -0.39 is 36.7 Å². The Bertz CT molecular complexity index is 283. The van der Waals surface area contributed by atoms with Crippen molar-refractivity contribution in [3.8, 4) is 0 Å². The lowest BCUT2D eigenvalue weighted by Crippen LogP contribution is -2.58. The molecule has 19 heavy (non-hydrogen) atoms. The van der Waals surface area contributed by atoms with Crippen molar-refractivity contribution in [2.45, 2.75) is 63.3 Å². The molecule has 0 spiro atoms. The number of esters is 1. The standard InChI is InChI=1S/C12H22O7/c1-2-3-4-5-8(13)18-6-7-9(14)10(15)11(16)12(17)19-7/h7,9-12,14-17H,2-6H2,1H3/t7-,9-,10-,11-,12?/m1/s1. The van der Waals surface area contributed by atoms with E-state index in [-0.39, 0.29) is 13.0 Å². The SMILES string of the molecule is CCCCCC(=O)OC[C@H]1OC(O)[C@H](O)[C@H](O)[C@@H]1O. The van der Waals surface area contributed by atoms with Gasteiger partial charge in [0.2, 0.25) is 0 Å². The molecule has 1 saturated heterocycles. The Morgan fingerprint density at radius 1 is 1.11 bits per heavy atom. The number of ether oxygens (including phenoxy) is 2. The van der Waals surface area contributed by atoms with E-state index >= 15 is 0 Å². The third-order valence-electron chi connectivity index (χ3n) is 3.08. The largest absolute Gasteiger partial charge is 0.463 e. The third kappa shape index (κ3) is 4.70. The number of unbranched alkanes of at least 4 members (excludes halogenated alkanes) is 2. The van der Waals surface area contributed by atoms with Crippen molar-refractivity contribution in [1.29, 1.82) is 0 Å². The number of carbonyl (C=O) groups is 1. The summed E-state index contributed by atoms with van der Waals surface area (Å²) in [5.74, 6) is -0.417. The Hall–Kier alpha value is -0.730. The average molecular weight is 278 g/mol.